The third kappa shape index (κ3) is 2.84. The second-order valence-electron chi connectivity index (χ2n) is 7.15. The summed E-state index contributed by atoms with van der Waals surface area (Å²) in [5.74, 6) is -0.938. The van der Waals surface area contributed by atoms with Gasteiger partial charge in [-0.15, -0.1) is 0 Å². The summed E-state index contributed by atoms with van der Waals surface area (Å²) in [6.45, 7) is 3.58. The number of benzene rings is 1. The number of aromatic nitrogens is 1. The molecular weight excluding hydrogens is 306 g/mol. The molecule has 2 aliphatic rings. The van der Waals surface area contributed by atoms with Gasteiger partial charge in [-0.2, -0.15) is 13.8 Å². The van der Waals surface area contributed by atoms with Crippen molar-refractivity contribution < 1.29 is 8.78 Å². The second-order valence-corrected chi connectivity index (χ2v) is 7.15. The Labute approximate surface area is 141 Å². The van der Waals surface area contributed by atoms with Crippen molar-refractivity contribution in [2.45, 2.75) is 50.6 Å². The quantitative estimate of drug-likeness (QED) is 0.755. The summed E-state index contributed by atoms with van der Waals surface area (Å²) < 4.78 is 26.7. The van der Waals surface area contributed by atoms with Gasteiger partial charge in [-0.1, -0.05) is 24.3 Å². The fourth-order valence-electron chi connectivity index (χ4n) is 4.19. The average molecular weight is 328 g/mol. The van der Waals surface area contributed by atoms with Crippen LogP contribution in [0.15, 0.2) is 36.4 Å². The molecule has 2 heterocycles. The minimum atomic E-state index is -0.787. The van der Waals surface area contributed by atoms with Crippen LogP contribution in [-0.4, -0.2) is 28.5 Å². The van der Waals surface area contributed by atoms with Gasteiger partial charge in [0.05, 0.1) is 0 Å². The van der Waals surface area contributed by atoms with Crippen molar-refractivity contribution in [2.75, 3.05) is 6.54 Å². The molecule has 0 spiro atoms. The molecule has 2 fully saturated rings. The highest BCUT2D eigenvalue weighted by atomic mass is 19.1. The van der Waals surface area contributed by atoms with E-state index in [1.165, 1.54) is 49.9 Å². The first-order valence-corrected chi connectivity index (χ1v) is 8.80. The lowest BCUT2D eigenvalue weighted by Gasteiger charge is -2.43. The normalized spacial score (nSPS) is 27.2. The van der Waals surface area contributed by atoms with E-state index < -0.39 is 11.9 Å². The van der Waals surface area contributed by atoms with E-state index in [1.54, 1.807) is 0 Å². The smallest absolute Gasteiger partial charge is 0.223 e. The third-order valence-corrected chi connectivity index (χ3v) is 5.69. The van der Waals surface area contributed by atoms with Gasteiger partial charge < -0.3 is 0 Å². The Balaban J connectivity index is 1.43. The molecule has 4 heteroatoms. The highest BCUT2D eigenvalue weighted by Gasteiger charge is 2.37. The summed E-state index contributed by atoms with van der Waals surface area (Å²) >= 11 is 0. The van der Waals surface area contributed by atoms with Crippen molar-refractivity contribution in [3.05, 3.63) is 53.9 Å². The Bertz CT molecular complexity index is 723. The fourth-order valence-corrected chi connectivity index (χ4v) is 4.19. The standard InChI is InChI=1S/C20H22F2N2/c1-13-3-2-10-24(13)17-11-16(12-17)14-4-6-15(7-5-14)18-8-9-19(21)23-20(18)22/h4-9,13,16-17H,2-3,10-12H2,1H3/t13-,16?,17?/m1/s1. The molecule has 1 saturated heterocycles. The number of likely N-dealkylation sites (tertiary alicyclic amines) is 1. The Hall–Kier alpha value is -1.81. The molecule has 126 valence electrons. The zero-order chi connectivity index (χ0) is 16.7. The van der Waals surface area contributed by atoms with Crippen LogP contribution in [0.1, 0.15) is 44.1 Å². The monoisotopic (exact) mass is 328 g/mol. The van der Waals surface area contributed by atoms with Gasteiger partial charge in [0.15, 0.2) is 0 Å². The van der Waals surface area contributed by atoms with E-state index in [0.717, 1.165) is 17.6 Å². The predicted octanol–water partition coefficient (Wildman–Crippen LogP) is 4.76. The number of halogens is 2. The Morgan fingerprint density at radius 3 is 2.42 bits per heavy atom. The van der Waals surface area contributed by atoms with Crippen molar-refractivity contribution in [3.8, 4) is 11.1 Å². The van der Waals surface area contributed by atoms with Crippen molar-refractivity contribution in [2.24, 2.45) is 0 Å². The van der Waals surface area contributed by atoms with Crippen molar-refractivity contribution in [1.29, 1.82) is 0 Å². The maximum Gasteiger partial charge on any atom is 0.223 e. The Kier molecular flexibility index (Phi) is 4.09. The van der Waals surface area contributed by atoms with Gasteiger partial charge in [-0.25, -0.2) is 0 Å². The molecule has 0 bridgehead atoms. The topological polar surface area (TPSA) is 16.1 Å². The zero-order valence-corrected chi connectivity index (χ0v) is 13.9. The third-order valence-electron chi connectivity index (χ3n) is 5.69. The minimum absolute atomic E-state index is 0.348. The molecule has 0 N–H and O–H groups in total. The van der Waals surface area contributed by atoms with Gasteiger partial charge in [0, 0.05) is 17.6 Å². The predicted molar refractivity (Wildman–Crippen MR) is 90.8 cm³/mol. The van der Waals surface area contributed by atoms with Crippen molar-refractivity contribution in [3.63, 3.8) is 0 Å². The van der Waals surface area contributed by atoms with Crippen LogP contribution in [0.3, 0.4) is 0 Å². The van der Waals surface area contributed by atoms with Crippen LogP contribution in [0.25, 0.3) is 11.1 Å². The van der Waals surface area contributed by atoms with Gasteiger partial charge in [-0.3, -0.25) is 4.90 Å². The van der Waals surface area contributed by atoms with Crippen LogP contribution in [0.5, 0.6) is 0 Å². The first-order valence-electron chi connectivity index (χ1n) is 8.80. The maximum atomic E-state index is 13.8. The molecular formula is C20H22F2N2. The molecule has 0 radical (unpaired) electrons. The number of hydrogen-bond acceptors (Lipinski definition) is 2. The second kappa shape index (κ2) is 6.25. The van der Waals surface area contributed by atoms with E-state index in [9.17, 15) is 8.78 Å². The first-order chi connectivity index (χ1) is 11.6. The Morgan fingerprint density at radius 2 is 1.79 bits per heavy atom. The van der Waals surface area contributed by atoms with Gasteiger partial charge in [0.2, 0.25) is 11.9 Å². The molecule has 4 rings (SSSR count). The lowest BCUT2D eigenvalue weighted by molar-refractivity contribution is 0.103. The van der Waals surface area contributed by atoms with Crippen LogP contribution in [0, 0.1) is 11.9 Å². The molecule has 1 aromatic heterocycles. The van der Waals surface area contributed by atoms with Crippen molar-refractivity contribution >= 4 is 0 Å². The number of pyridine rings is 1. The lowest BCUT2D eigenvalue weighted by atomic mass is 9.74. The van der Waals surface area contributed by atoms with Crippen LogP contribution in [0.2, 0.25) is 0 Å². The SMILES string of the molecule is C[C@@H]1CCCN1C1CC(c2ccc(-c3ccc(F)nc3F)cc2)C1. The van der Waals surface area contributed by atoms with Gasteiger partial charge in [-0.05, 0) is 68.3 Å². The van der Waals surface area contributed by atoms with Crippen LogP contribution in [-0.2, 0) is 0 Å². The molecule has 1 atom stereocenters. The summed E-state index contributed by atoms with van der Waals surface area (Å²) in [4.78, 5) is 5.91. The largest absolute Gasteiger partial charge is 0.298 e. The molecule has 2 nitrogen and oxygen atoms in total. The molecule has 1 saturated carbocycles. The van der Waals surface area contributed by atoms with Crippen LogP contribution >= 0.6 is 0 Å². The maximum absolute atomic E-state index is 13.8. The number of rotatable bonds is 3. The molecule has 1 aliphatic carbocycles. The van der Waals surface area contributed by atoms with E-state index in [4.69, 9.17) is 0 Å². The van der Waals surface area contributed by atoms with E-state index in [-0.39, 0.29) is 0 Å². The number of nitrogens with zero attached hydrogens (tertiary/aromatic N) is 2. The summed E-state index contributed by atoms with van der Waals surface area (Å²) in [7, 11) is 0. The average Bonchev–Trinajstić information content (AvgIpc) is 2.93. The summed E-state index contributed by atoms with van der Waals surface area (Å²) in [5.41, 5.74) is 2.41. The molecule has 1 aliphatic heterocycles. The Morgan fingerprint density at radius 1 is 1.04 bits per heavy atom. The summed E-state index contributed by atoms with van der Waals surface area (Å²) in [5, 5.41) is 0. The lowest BCUT2D eigenvalue weighted by Crippen LogP contribution is -2.45. The van der Waals surface area contributed by atoms with Gasteiger partial charge in [0.1, 0.15) is 0 Å². The van der Waals surface area contributed by atoms with Gasteiger partial charge >= 0.3 is 0 Å². The first kappa shape index (κ1) is 15.7. The number of hydrogen-bond donors (Lipinski definition) is 0. The summed E-state index contributed by atoms with van der Waals surface area (Å²) in [6, 6.07) is 12.1. The molecule has 1 aromatic carbocycles. The molecule has 0 amide bonds. The highest BCUT2D eigenvalue weighted by molar-refractivity contribution is 5.63. The van der Waals surface area contributed by atoms with E-state index in [1.807, 2.05) is 12.1 Å². The van der Waals surface area contributed by atoms with E-state index >= 15 is 0 Å². The van der Waals surface area contributed by atoms with E-state index in [0.29, 0.717) is 11.5 Å². The highest BCUT2D eigenvalue weighted by Crippen LogP contribution is 2.42. The van der Waals surface area contributed by atoms with Crippen molar-refractivity contribution in [1.82, 2.24) is 9.88 Å². The van der Waals surface area contributed by atoms with Gasteiger partial charge in [0.25, 0.3) is 0 Å². The van der Waals surface area contributed by atoms with Crippen LogP contribution in [0.4, 0.5) is 8.78 Å². The molecule has 2 aromatic rings. The summed E-state index contributed by atoms with van der Waals surface area (Å²) in [6.07, 6.45) is 5.09. The van der Waals surface area contributed by atoms with E-state index in [2.05, 4.69) is 28.9 Å². The minimum Gasteiger partial charge on any atom is -0.298 e. The fraction of sp³-hybridized carbons (Fsp3) is 0.450. The molecule has 24 heavy (non-hydrogen) atoms. The molecule has 0 unspecified atom stereocenters. The zero-order valence-electron chi connectivity index (χ0n) is 13.9. The van der Waals surface area contributed by atoms with Crippen LogP contribution < -0.4 is 0 Å².